The first kappa shape index (κ1) is 23.0. The summed E-state index contributed by atoms with van der Waals surface area (Å²) in [5.41, 5.74) is 4.40. The molecule has 2 aromatic carbocycles. The maximum Gasteiger partial charge on any atom is 0.251 e. The smallest absolute Gasteiger partial charge is 0.251 e. The lowest BCUT2D eigenvalue weighted by Gasteiger charge is -2.19. The van der Waals surface area contributed by atoms with Gasteiger partial charge in [-0.15, -0.1) is 0 Å². The molecular formula is C25H31ClN4O. The average molecular weight is 439 g/mol. The molecule has 0 spiro atoms. The number of carbonyl (C=O) groups excluding carboxylic acids is 1. The number of rotatable bonds is 10. The normalized spacial score (nSPS) is 12.2. The third-order valence-electron chi connectivity index (χ3n) is 5.56. The zero-order valence-corrected chi connectivity index (χ0v) is 19.2. The SMILES string of the molecule is CCN(CC)CCCC(C)NC(=O)c1ccc(-c2cc(-c3ccc(Cl)cc3)[nH]n2)cc1. The Morgan fingerprint density at radius 2 is 1.71 bits per heavy atom. The van der Waals surface area contributed by atoms with E-state index in [1.807, 2.05) is 54.6 Å². The number of hydrogen-bond acceptors (Lipinski definition) is 3. The number of H-pyrrole nitrogens is 1. The number of nitrogens with zero attached hydrogens (tertiary/aromatic N) is 2. The van der Waals surface area contributed by atoms with E-state index in [1.54, 1.807) is 0 Å². The molecule has 1 unspecified atom stereocenters. The Kier molecular flexibility index (Phi) is 8.27. The van der Waals surface area contributed by atoms with Gasteiger partial charge in [-0.05, 0) is 75.3 Å². The van der Waals surface area contributed by atoms with E-state index >= 15 is 0 Å². The molecule has 6 heteroatoms. The molecule has 0 aliphatic heterocycles. The molecule has 3 rings (SSSR count). The predicted octanol–water partition coefficient (Wildman–Crippen LogP) is 5.64. The van der Waals surface area contributed by atoms with Gasteiger partial charge in [-0.3, -0.25) is 9.89 Å². The van der Waals surface area contributed by atoms with Crippen LogP contribution in [0, 0.1) is 0 Å². The Balaban J connectivity index is 1.56. The Bertz CT molecular complexity index is 962. The zero-order valence-electron chi connectivity index (χ0n) is 18.5. The van der Waals surface area contributed by atoms with Gasteiger partial charge in [0.2, 0.25) is 0 Å². The summed E-state index contributed by atoms with van der Waals surface area (Å²) in [5, 5.41) is 11.3. The second-order valence-electron chi connectivity index (χ2n) is 7.79. The quantitative estimate of drug-likeness (QED) is 0.430. The first-order chi connectivity index (χ1) is 15.0. The third-order valence-corrected chi connectivity index (χ3v) is 5.81. The largest absolute Gasteiger partial charge is 0.350 e. The molecule has 0 aliphatic rings. The highest BCUT2D eigenvalue weighted by Crippen LogP contribution is 2.25. The Morgan fingerprint density at radius 1 is 1.06 bits per heavy atom. The molecule has 0 saturated heterocycles. The lowest BCUT2D eigenvalue weighted by Crippen LogP contribution is -2.33. The number of nitrogens with one attached hydrogen (secondary N) is 2. The number of hydrogen-bond donors (Lipinski definition) is 2. The van der Waals surface area contributed by atoms with Crippen LogP contribution in [0.4, 0.5) is 0 Å². The summed E-state index contributed by atoms with van der Waals surface area (Å²) in [5.74, 6) is -0.0363. The van der Waals surface area contributed by atoms with Crippen molar-refractivity contribution >= 4 is 17.5 Å². The molecule has 1 atom stereocenters. The van der Waals surface area contributed by atoms with Crippen molar-refractivity contribution in [3.8, 4) is 22.5 Å². The Hall–Kier alpha value is -2.63. The third kappa shape index (κ3) is 6.42. The molecule has 0 aliphatic carbocycles. The molecule has 2 N–H and O–H groups in total. The van der Waals surface area contributed by atoms with Crippen LogP contribution in [0.1, 0.15) is 44.0 Å². The summed E-state index contributed by atoms with van der Waals surface area (Å²) in [7, 11) is 0. The van der Waals surface area contributed by atoms with Crippen molar-refractivity contribution in [3.63, 3.8) is 0 Å². The molecule has 1 heterocycles. The first-order valence-corrected chi connectivity index (χ1v) is 11.3. The molecule has 31 heavy (non-hydrogen) atoms. The lowest BCUT2D eigenvalue weighted by molar-refractivity contribution is 0.0937. The molecule has 1 aromatic heterocycles. The summed E-state index contributed by atoms with van der Waals surface area (Å²) < 4.78 is 0. The molecule has 1 amide bonds. The van der Waals surface area contributed by atoms with Crippen LogP contribution in [0.3, 0.4) is 0 Å². The van der Waals surface area contributed by atoms with Crippen molar-refractivity contribution in [3.05, 3.63) is 65.2 Å². The van der Waals surface area contributed by atoms with Gasteiger partial charge in [0.1, 0.15) is 0 Å². The van der Waals surface area contributed by atoms with Crippen LogP contribution in [0.2, 0.25) is 5.02 Å². The Labute approximate surface area is 189 Å². The number of aromatic amines is 1. The fraction of sp³-hybridized carbons (Fsp3) is 0.360. The summed E-state index contributed by atoms with van der Waals surface area (Å²) in [6.45, 7) is 9.64. The molecule has 3 aromatic rings. The predicted molar refractivity (Wildman–Crippen MR) is 128 cm³/mol. The Morgan fingerprint density at radius 3 is 2.35 bits per heavy atom. The van der Waals surface area contributed by atoms with Gasteiger partial charge in [0.25, 0.3) is 5.91 Å². The van der Waals surface area contributed by atoms with E-state index in [0.717, 1.165) is 55.0 Å². The standard InChI is InChI=1S/C25H31ClN4O/c1-4-30(5-2)16-6-7-18(3)27-25(31)21-10-8-19(9-11-21)23-17-24(29-28-23)20-12-14-22(26)15-13-20/h8-15,17-18H,4-7,16H2,1-3H3,(H,27,31)(H,28,29). The van der Waals surface area contributed by atoms with Crippen LogP contribution < -0.4 is 5.32 Å². The number of carbonyl (C=O) groups is 1. The fourth-order valence-electron chi connectivity index (χ4n) is 3.58. The summed E-state index contributed by atoms with van der Waals surface area (Å²) in [6, 6.07) is 17.3. The van der Waals surface area contributed by atoms with Crippen molar-refractivity contribution in [1.29, 1.82) is 0 Å². The average Bonchev–Trinajstić information content (AvgIpc) is 3.27. The molecule has 164 valence electrons. The minimum absolute atomic E-state index is 0.0363. The lowest BCUT2D eigenvalue weighted by atomic mass is 10.1. The maximum atomic E-state index is 12.6. The van der Waals surface area contributed by atoms with Crippen LogP contribution in [0.25, 0.3) is 22.5 Å². The van der Waals surface area contributed by atoms with Crippen LogP contribution in [0.5, 0.6) is 0 Å². The second-order valence-corrected chi connectivity index (χ2v) is 8.23. The number of aromatic nitrogens is 2. The number of benzene rings is 2. The van der Waals surface area contributed by atoms with E-state index in [2.05, 4.69) is 41.2 Å². The van der Waals surface area contributed by atoms with Gasteiger partial charge in [0.15, 0.2) is 0 Å². The second kappa shape index (κ2) is 11.1. The van der Waals surface area contributed by atoms with Crippen molar-refractivity contribution in [2.24, 2.45) is 0 Å². The van der Waals surface area contributed by atoms with E-state index < -0.39 is 0 Å². The fourth-order valence-corrected chi connectivity index (χ4v) is 3.71. The molecule has 5 nitrogen and oxygen atoms in total. The van der Waals surface area contributed by atoms with Crippen molar-refractivity contribution < 1.29 is 4.79 Å². The van der Waals surface area contributed by atoms with Gasteiger partial charge in [0.05, 0.1) is 11.4 Å². The van der Waals surface area contributed by atoms with Crippen LogP contribution >= 0.6 is 11.6 Å². The highest BCUT2D eigenvalue weighted by Gasteiger charge is 2.12. The molecule has 0 fully saturated rings. The summed E-state index contributed by atoms with van der Waals surface area (Å²) in [6.07, 6.45) is 2.05. The maximum absolute atomic E-state index is 12.6. The summed E-state index contributed by atoms with van der Waals surface area (Å²) >= 11 is 5.96. The minimum atomic E-state index is -0.0363. The van der Waals surface area contributed by atoms with Crippen LogP contribution in [-0.2, 0) is 0 Å². The van der Waals surface area contributed by atoms with E-state index in [9.17, 15) is 4.79 Å². The monoisotopic (exact) mass is 438 g/mol. The van der Waals surface area contributed by atoms with Crippen molar-refractivity contribution in [2.45, 2.75) is 39.7 Å². The van der Waals surface area contributed by atoms with Crippen molar-refractivity contribution in [1.82, 2.24) is 20.4 Å². The van der Waals surface area contributed by atoms with E-state index in [-0.39, 0.29) is 11.9 Å². The van der Waals surface area contributed by atoms with Crippen LogP contribution in [-0.4, -0.2) is 46.7 Å². The number of amides is 1. The van der Waals surface area contributed by atoms with Gasteiger partial charge in [-0.2, -0.15) is 5.10 Å². The van der Waals surface area contributed by atoms with Gasteiger partial charge >= 0.3 is 0 Å². The minimum Gasteiger partial charge on any atom is -0.350 e. The van der Waals surface area contributed by atoms with E-state index in [4.69, 9.17) is 11.6 Å². The topological polar surface area (TPSA) is 61.0 Å². The van der Waals surface area contributed by atoms with Gasteiger partial charge < -0.3 is 10.2 Å². The molecular weight excluding hydrogens is 408 g/mol. The molecule has 0 bridgehead atoms. The van der Waals surface area contributed by atoms with E-state index in [1.165, 1.54) is 0 Å². The highest BCUT2D eigenvalue weighted by molar-refractivity contribution is 6.30. The van der Waals surface area contributed by atoms with Gasteiger partial charge in [-0.25, -0.2) is 0 Å². The summed E-state index contributed by atoms with van der Waals surface area (Å²) in [4.78, 5) is 15.0. The number of halogens is 1. The van der Waals surface area contributed by atoms with E-state index in [0.29, 0.717) is 10.6 Å². The van der Waals surface area contributed by atoms with Gasteiger partial charge in [-0.1, -0.05) is 49.7 Å². The zero-order chi connectivity index (χ0) is 22.2. The first-order valence-electron chi connectivity index (χ1n) is 10.9. The highest BCUT2D eigenvalue weighted by atomic mass is 35.5. The molecule has 0 saturated carbocycles. The molecule has 0 radical (unpaired) electrons. The van der Waals surface area contributed by atoms with Crippen molar-refractivity contribution in [2.75, 3.05) is 19.6 Å². The van der Waals surface area contributed by atoms with Gasteiger partial charge in [0, 0.05) is 22.2 Å². The van der Waals surface area contributed by atoms with Crippen LogP contribution in [0.15, 0.2) is 54.6 Å².